The second-order valence-corrected chi connectivity index (χ2v) is 9.12. The Balaban J connectivity index is 1.40. The van der Waals surface area contributed by atoms with Crippen LogP contribution < -0.4 is 11.2 Å². The van der Waals surface area contributed by atoms with E-state index in [1.54, 1.807) is 25.6 Å². The van der Waals surface area contributed by atoms with Crippen LogP contribution in [0, 0.1) is 5.92 Å². The van der Waals surface area contributed by atoms with Gasteiger partial charge in [-0.1, -0.05) is 0 Å². The second-order valence-electron chi connectivity index (χ2n) is 9.12. The van der Waals surface area contributed by atoms with Crippen LogP contribution in [0.2, 0.25) is 0 Å². The van der Waals surface area contributed by atoms with E-state index in [9.17, 15) is 14.4 Å². The van der Waals surface area contributed by atoms with Crippen molar-refractivity contribution in [1.29, 1.82) is 0 Å². The number of carbonyl (C=O) groups excluding carboxylic acids is 1. The Hall–Kier alpha value is -4.41. The summed E-state index contributed by atoms with van der Waals surface area (Å²) in [7, 11) is 2.94. The summed E-state index contributed by atoms with van der Waals surface area (Å²) in [6.45, 7) is -0.165. The van der Waals surface area contributed by atoms with Gasteiger partial charge in [-0.3, -0.25) is 18.7 Å². The summed E-state index contributed by atoms with van der Waals surface area (Å²) in [4.78, 5) is 43.0. The van der Waals surface area contributed by atoms with Crippen LogP contribution in [0.15, 0.2) is 72.2 Å². The van der Waals surface area contributed by atoms with Gasteiger partial charge in [0.25, 0.3) is 11.5 Å². The highest BCUT2D eigenvalue weighted by Gasteiger charge is 2.45. The van der Waals surface area contributed by atoms with Crippen molar-refractivity contribution in [1.82, 2.24) is 23.7 Å². The van der Waals surface area contributed by atoms with Gasteiger partial charge in [-0.2, -0.15) is 5.10 Å². The van der Waals surface area contributed by atoms with Gasteiger partial charge in [0.1, 0.15) is 24.1 Å². The molecule has 5 heterocycles. The molecule has 1 saturated carbocycles. The number of amides is 1. The normalized spacial score (nSPS) is 20.8. The van der Waals surface area contributed by atoms with Crippen LogP contribution in [-0.2, 0) is 25.4 Å². The molecule has 4 aromatic heterocycles. The minimum Gasteiger partial charge on any atom is -0.467 e. The SMILES string of the molecule is Cn1c(=O)c2c(ncn2CC(=O)N2N=C3/C(=C/c4ccco4)CCCC3C2c2ccco2)n(C)c1=O. The Morgan fingerprint density at radius 2 is 1.94 bits per heavy atom. The summed E-state index contributed by atoms with van der Waals surface area (Å²) in [5.41, 5.74) is 1.30. The molecule has 0 bridgehead atoms. The predicted molar refractivity (Wildman–Crippen MR) is 130 cm³/mol. The number of imidazole rings is 1. The number of allylic oxidation sites excluding steroid dienone is 1. The third-order valence-electron chi connectivity index (χ3n) is 6.97. The van der Waals surface area contributed by atoms with Gasteiger partial charge >= 0.3 is 5.69 Å². The van der Waals surface area contributed by atoms with Crippen molar-refractivity contribution < 1.29 is 13.6 Å². The van der Waals surface area contributed by atoms with Crippen LogP contribution in [-0.4, -0.2) is 35.3 Å². The van der Waals surface area contributed by atoms with Gasteiger partial charge in [0.05, 0.1) is 24.6 Å². The molecule has 0 saturated heterocycles. The molecule has 11 heteroatoms. The molecule has 2 atom stereocenters. The van der Waals surface area contributed by atoms with Crippen LogP contribution in [0.5, 0.6) is 0 Å². The number of aryl methyl sites for hydroxylation is 1. The molecule has 4 aromatic rings. The smallest absolute Gasteiger partial charge is 0.332 e. The number of hydrazone groups is 1. The molecular weight excluding hydrogens is 464 g/mol. The standard InChI is InChI=1S/C25H24N6O5/c1-28-23-22(24(33)29(2)25(28)34)30(14-26-23)13-19(32)31-21(18-9-5-11-36-18)17-8-3-6-15(20(17)27-31)12-16-7-4-10-35-16/h4-5,7,9-12,14,17,21H,3,6,8,13H2,1-2H3/b15-12+. The first kappa shape index (κ1) is 22.1. The third kappa shape index (κ3) is 3.38. The third-order valence-corrected chi connectivity index (χ3v) is 6.97. The Labute approximate surface area is 204 Å². The van der Waals surface area contributed by atoms with Gasteiger partial charge < -0.3 is 13.4 Å². The summed E-state index contributed by atoms with van der Waals surface area (Å²) < 4.78 is 15.0. The molecule has 1 aliphatic heterocycles. The van der Waals surface area contributed by atoms with Crippen molar-refractivity contribution in [3.05, 3.63) is 81.1 Å². The predicted octanol–water partition coefficient (Wildman–Crippen LogP) is 2.44. The average Bonchev–Trinajstić information content (AvgIpc) is 3.67. The first-order valence-electron chi connectivity index (χ1n) is 11.7. The summed E-state index contributed by atoms with van der Waals surface area (Å²) in [6, 6.07) is 6.97. The van der Waals surface area contributed by atoms with E-state index in [1.807, 2.05) is 24.3 Å². The number of hydrogen-bond donors (Lipinski definition) is 0. The number of hydrogen-bond acceptors (Lipinski definition) is 7. The first-order chi connectivity index (χ1) is 17.4. The monoisotopic (exact) mass is 488 g/mol. The molecule has 1 fully saturated rings. The van der Waals surface area contributed by atoms with Crippen molar-refractivity contribution in [2.75, 3.05) is 0 Å². The van der Waals surface area contributed by atoms with Gasteiger partial charge in [0, 0.05) is 20.0 Å². The zero-order valence-electron chi connectivity index (χ0n) is 19.8. The maximum atomic E-state index is 13.7. The van der Waals surface area contributed by atoms with Crippen LogP contribution in [0.4, 0.5) is 0 Å². The summed E-state index contributed by atoms with van der Waals surface area (Å²) >= 11 is 0. The Kier molecular flexibility index (Phi) is 5.13. The molecule has 1 aliphatic carbocycles. The van der Waals surface area contributed by atoms with E-state index < -0.39 is 17.3 Å². The lowest BCUT2D eigenvalue weighted by Crippen LogP contribution is -2.38. The molecule has 184 valence electrons. The number of furan rings is 2. The van der Waals surface area contributed by atoms with Crippen molar-refractivity contribution in [3.63, 3.8) is 0 Å². The van der Waals surface area contributed by atoms with Crippen LogP contribution >= 0.6 is 0 Å². The molecule has 0 N–H and O–H groups in total. The van der Waals surface area contributed by atoms with E-state index in [4.69, 9.17) is 13.9 Å². The van der Waals surface area contributed by atoms with E-state index >= 15 is 0 Å². The highest BCUT2D eigenvalue weighted by molar-refractivity contribution is 6.07. The van der Waals surface area contributed by atoms with Crippen molar-refractivity contribution in [2.24, 2.45) is 25.1 Å². The molecule has 6 rings (SSSR count). The molecule has 11 nitrogen and oxygen atoms in total. The number of aromatic nitrogens is 4. The zero-order chi connectivity index (χ0) is 25.0. The zero-order valence-corrected chi connectivity index (χ0v) is 19.8. The topological polar surface area (TPSA) is 121 Å². The van der Waals surface area contributed by atoms with Crippen LogP contribution in [0.3, 0.4) is 0 Å². The fourth-order valence-electron chi connectivity index (χ4n) is 5.23. The van der Waals surface area contributed by atoms with E-state index in [2.05, 4.69) is 4.98 Å². The fraction of sp³-hybridized carbons (Fsp3) is 0.320. The van der Waals surface area contributed by atoms with Gasteiger partial charge in [0.15, 0.2) is 11.2 Å². The minimum absolute atomic E-state index is 0.0247. The molecule has 2 aliphatic rings. The lowest BCUT2D eigenvalue weighted by Gasteiger charge is -2.27. The van der Waals surface area contributed by atoms with Crippen LogP contribution in [0.25, 0.3) is 17.2 Å². The van der Waals surface area contributed by atoms with Crippen molar-refractivity contribution >= 4 is 28.9 Å². The van der Waals surface area contributed by atoms with E-state index in [0.29, 0.717) is 5.76 Å². The van der Waals surface area contributed by atoms with E-state index in [0.717, 1.165) is 40.9 Å². The van der Waals surface area contributed by atoms with Crippen molar-refractivity contribution in [3.8, 4) is 0 Å². The number of fused-ring (bicyclic) bond motifs is 2. The first-order valence-corrected chi connectivity index (χ1v) is 11.7. The summed E-state index contributed by atoms with van der Waals surface area (Å²) in [6.07, 6.45) is 9.24. The largest absolute Gasteiger partial charge is 0.467 e. The highest BCUT2D eigenvalue weighted by Crippen LogP contribution is 2.44. The Morgan fingerprint density at radius 3 is 2.69 bits per heavy atom. The quantitative estimate of drug-likeness (QED) is 0.435. The van der Waals surface area contributed by atoms with Crippen LogP contribution in [0.1, 0.15) is 36.8 Å². The summed E-state index contributed by atoms with van der Waals surface area (Å²) in [5, 5.41) is 6.27. The van der Waals surface area contributed by atoms with Crippen molar-refractivity contribution in [2.45, 2.75) is 31.8 Å². The maximum Gasteiger partial charge on any atom is 0.332 e. The fourth-order valence-corrected chi connectivity index (χ4v) is 5.23. The average molecular weight is 489 g/mol. The molecule has 0 spiro atoms. The Bertz CT molecular complexity index is 1630. The summed E-state index contributed by atoms with van der Waals surface area (Å²) in [5.74, 6) is 1.05. The van der Waals surface area contributed by atoms with Gasteiger partial charge in [-0.25, -0.2) is 14.8 Å². The van der Waals surface area contributed by atoms with Gasteiger partial charge in [-0.15, -0.1) is 0 Å². The molecule has 1 amide bonds. The maximum absolute atomic E-state index is 13.7. The van der Waals surface area contributed by atoms with Gasteiger partial charge in [0.2, 0.25) is 0 Å². The van der Waals surface area contributed by atoms with Gasteiger partial charge in [-0.05, 0) is 55.2 Å². The lowest BCUT2D eigenvalue weighted by atomic mass is 9.79. The Morgan fingerprint density at radius 1 is 1.14 bits per heavy atom. The molecular formula is C25H24N6O5. The van der Waals surface area contributed by atoms with E-state index in [1.165, 1.54) is 27.5 Å². The number of nitrogens with zero attached hydrogens (tertiary/aromatic N) is 6. The molecule has 0 radical (unpaired) electrons. The van der Waals surface area contributed by atoms with E-state index in [-0.39, 0.29) is 29.5 Å². The lowest BCUT2D eigenvalue weighted by molar-refractivity contribution is -0.134. The minimum atomic E-state index is -0.508. The molecule has 36 heavy (non-hydrogen) atoms. The number of rotatable bonds is 4. The highest BCUT2D eigenvalue weighted by atomic mass is 16.3. The second kappa shape index (κ2) is 8.36. The number of carbonyl (C=O) groups is 1. The molecule has 0 aromatic carbocycles. The molecule has 2 unspecified atom stereocenters.